The van der Waals surface area contributed by atoms with Crippen LogP contribution in [-0.2, 0) is 14.4 Å². The third-order valence-electron chi connectivity index (χ3n) is 5.04. The van der Waals surface area contributed by atoms with Crippen LogP contribution in [0.3, 0.4) is 0 Å². The molecule has 0 saturated heterocycles. The number of amides is 2. The van der Waals surface area contributed by atoms with E-state index < -0.39 is 11.4 Å². The Morgan fingerprint density at radius 3 is 2.76 bits per heavy atom. The van der Waals surface area contributed by atoms with Gasteiger partial charge < -0.3 is 10.1 Å². The monoisotopic (exact) mass is 394 g/mol. The Balaban J connectivity index is 1.67. The predicted molar refractivity (Wildman–Crippen MR) is 106 cm³/mol. The van der Waals surface area contributed by atoms with Gasteiger partial charge >= 0.3 is 0 Å². The van der Waals surface area contributed by atoms with Crippen molar-refractivity contribution >= 4 is 28.6 Å². The molecule has 2 N–H and O–H groups in total. The van der Waals surface area contributed by atoms with Crippen LogP contribution in [0.2, 0.25) is 0 Å². The summed E-state index contributed by atoms with van der Waals surface area (Å²) in [4.78, 5) is 29.0. The second-order valence-electron chi connectivity index (χ2n) is 6.95. The number of ether oxygens (including phenoxy) is 1. The average molecular weight is 394 g/mol. The molecule has 2 amide bonds. The summed E-state index contributed by atoms with van der Waals surface area (Å²) >= 11 is 0. The van der Waals surface area contributed by atoms with Gasteiger partial charge in [-0.25, -0.2) is 9.87 Å². The molecule has 0 bridgehead atoms. The molecule has 0 radical (unpaired) electrons. The molecule has 0 spiro atoms. The number of carbonyl (C=O) groups excluding carboxylic acids is 2. The molecule has 2 heterocycles. The van der Waals surface area contributed by atoms with E-state index in [0.29, 0.717) is 29.0 Å². The summed E-state index contributed by atoms with van der Waals surface area (Å²) in [6, 6.07) is 11.2. The summed E-state index contributed by atoms with van der Waals surface area (Å²) in [5.74, 6) is -1.05. The van der Waals surface area contributed by atoms with E-state index in [4.69, 9.17) is 4.74 Å². The number of rotatable bonds is 4. The highest BCUT2D eigenvalue weighted by molar-refractivity contribution is 6.31. The normalized spacial score (nSPS) is 21.7. The summed E-state index contributed by atoms with van der Waals surface area (Å²) in [5, 5.41) is 2.69. The summed E-state index contributed by atoms with van der Waals surface area (Å²) in [6.45, 7) is 2.26. The fourth-order valence-corrected chi connectivity index (χ4v) is 3.64. The number of hydrogen-bond acceptors (Lipinski definition) is 4. The van der Waals surface area contributed by atoms with Gasteiger partial charge in [0.25, 0.3) is 11.8 Å². The fraction of sp³-hybridized carbons (Fsp3) is 0.182. The molecule has 148 valence electrons. The van der Waals surface area contributed by atoms with Gasteiger partial charge in [-0.1, -0.05) is 18.2 Å². The quantitative estimate of drug-likeness (QED) is 0.616. The first-order chi connectivity index (χ1) is 13.9. The van der Waals surface area contributed by atoms with Gasteiger partial charge in [-0.15, -0.1) is 0 Å². The first kappa shape index (κ1) is 19.0. The van der Waals surface area contributed by atoms with E-state index in [1.54, 1.807) is 24.3 Å². The number of halogens is 1. The number of anilines is 1. The number of nitrogens with one attached hydrogen (secondary N) is 2. The molecular weight excluding hydrogens is 375 g/mol. The second kappa shape index (κ2) is 7.27. The zero-order chi connectivity index (χ0) is 20.6. The maximum atomic E-state index is 13.5. The smallest absolute Gasteiger partial charge is 0.274 e. The molecule has 0 fully saturated rings. The van der Waals surface area contributed by atoms with Crippen LogP contribution in [0.4, 0.5) is 10.1 Å². The lowest BCUT2D eigenvalue weighted by molar-refractivity contribution is -0.110. The topological polar surface area (TPSA) is 76.7 Å². The number of carbonyl (C=O) groups is 2. The van der Waals surface area contributed by atoms with Crippen LogP contribution < -0.4 is 10.8 Å². The molecule has 4 rings (SSSR count). The largest absolute Gasteiger partial charge is 0.362 e. The van der Waals surface area contributed by atoms with Gasteiger partial charge in [0, 0.05) is 16.7 Å². The van der Waals surface area contributed by atoms with Crippen molar-refractivity contribution in [1.29, 1.82) is 0 Å². The standard InChI is InChI=1S/C22H19FN2O4/c1-22(12-17-16-8-7-15(23)11-19(16)24-21(17)27)18(9-10-29-22)13-3-5-14(6-4-13)20(26)25-28-2/h3-9,11-12H,10H2,1-2H3,(H,24,27)(H,25,26)/b17-12+. The summed E-state index contributed by atoms with van der Waals surface area (Å²) in [6.07, 6.45) is 3.70. The van der Waals surface area contributed by atoms with E-state index in [0.717, 1.165) is 11.1 Å². The van der Waals surface area contributed by atoms with Gasteiger partial charge in [-0.05, 0) is 54.5 Å². The fourth-order valence-electron chi connectivity index (χ4n) is 3.64. The van der Waals surface area contributed by atoms with Crippen LogP contribution in [-0.4, -0.2) is 31.1 Å². The van der Waals surface area contributed by atoms with Crippen molar-refractivity contribution in [2.75, 3.05) is 19.0 Å². The summed E-state index contributed by atoms with van der Waals surface area (Å²) < 4.78 is 19.4. The highest BCUT2D eigenvalue weighted by atomic mass is 19.1. The maximum Gasteiger partial charge on any atom is 0.274 e. The van der Waals surface area contributed by atoms with Crippen molar-refractivity contribution in [3.8, 4) is 0 Å². The minimum absolute atomic E-state index is 0.298. The predicted octanol–water partition coefficient (Wildman–Crippen LogP) is 3.32. The number of hydroxylamine groups is 1. The lowest BCUT2D eigenvalue weighted by Crippen LogP contribution is -2.25. The molecule has 7 heteroatoms. The van der Waals surface area contributed by atoms with Crippen molar-refractivity contribution in [1.82, 2.24) is 5.48 Å². The van der Waals surface area contributed by atoms with Crippen LogP contribution in [0.1, 0.15) is 28.4 Å². The molecule has 0 saturated carbocycles. The van der Waals surface area contributed by atoms with Gasteiger partial charge in [0.05, 0.1) is 19.4 Å². The molecule has 2 aliphatic heterocycles. The lowest BCUT2D eigenvalue weighted by atomic mass is 9.87. The third-order valence-corrected chi connectivity index (χ3v) is 5.04. The van der Waals surface area contributed by atoms with E-state index in [1.807, 2.05) is 25.1 Å². The van der Waals surface area contributed by atoms with E-state index in [2.05, 4.69) is 15.6 Å². The molecular formula is C22H19FN2O4. The number of fused-ring (bicyclic) bond motifs is 1. The summed E-state index contributed by atoms with van der Waals surface area (Å²) in [5.41, 5.74) is 5.16. The molecule has 0 aliphatic carbocycles. The molecule has 29 heavy (non-hydrogen) atoms. The minimum Gasteiger partial charge on any atom is -0.362 e. The van der Waals surface area contributed by atoms with Crippen molar-refractivity contribution in [2.24, 2.45) is 0 Å². The zero-order valence-electron chi connectivity index (χ0n) is 15.9. The average Bonchev–Trinajstić information content (AvgIpc) is 3.22. The Bertz CT molecular complexity index is 1060. The molecule has 0 aromatic heterocycles. The Morgan fingerprint density at radius 1 is 1.28 bits per heavy atom. The van der Waals surface area contributed by atoms with Crippen molar-refractivity contribution in [3.05, 3.63) is 77.1 Å². The van der Waals surface area contributed by atoms with E-state index >= 15 is 0 Å². The maximum absolute atomic E-state index is 13.5. The SMILES string of the molecule is CONC(=O)c1ccc(C2=CCOC2(C)/C=C2/C(=O)Nc3cc(F)ccc32)cc1. The van der Waals surface area contributed by atoms with Crippen LogP contribution in [0.25, 0.3) is 11.1 Å². The molecule has 1 unspecified atom stereocenters. The van der Waals surface area contributed by atoms with Crippen molar-refractivity contribution < 1.29 is 23.6 Å². The Morgan fingerprint density at radius 2 is 2.03 bits per heavy atom. The highest BCUT2D eigenvalue weighted by Gasteiger charge is 2.36. The molecule has 1 atom stereocenters. The van der Waals surface area contributed by atoms with Gasteiger partial charge in [0.15, 0.2) is 0 Å². The number of hydrogen-bond donors (Lipinski definition) is 2. The van der Waals surface area contributed by atoms with Crippen LogP contribution in [0.15, 0.2) is 54.6 Å². The molecule has 2 aliphatic rings. The van der Waals surface area contributed by atoms with Crippen LogP contribution in [0.5, 0.6) is 0 Å². The Hall–Kier alpha value is -3.29. The van der Waals surface area contributed by atoms with Crippen LogP contribution >= 0.6 is 0 Å². The molecule has 2 aromatic rings. The Labute approximate surface area is 167 Å². The molecule has 2 aromatic carbocycles. The van der Waals surface area contributed by atoms with E-state index in [-0.39, 0.29) is 11.8 Å². The Kier molecular flexibility index (Phi) is 4.77. The first-order valence-electron chi connectivity index (χ1n) is 9.04. The van der Waals surface area contributed by atoms with Crippen LogP contribution in [0, 0.1) is 5.82 Å². The summed E-state index contributed by atoms with van der Waals surface area (Å²) in [7, 11) is 1.37. The zero-order valence-corrected chi connectivity index (χ0v) is 15.9. The van der Waals surface area contributed by atoms with Gasteiger partial charge in [0.2, 0.25) is 0 Å². The number of benzene rings is 2. The first-order valence-corrected chi connectivity index (χ1v) is 9.04. The minimum atomic E-state index is -0.848. The van der Waals surface area contributed by atoms with Gasteiger partial charge in [-0.2, -0.15) is 0 Å². The third kappa shape index (κ3) is 3.46. The van der Waals surface area contributed by atoms with E-state index in [1.165, 1.54) is 19.2 Å². The van der Waals surface area contributed by atoms with E-state index in [9.17, 15) is 14.0 Å². The lowest BCUT2D eigenvalue weighted by Gasteiger charge is -2.25. The van der Waals surface area contributed by atoms with Gasteiger partial charge in [-0.3, -0.25) is 14.4 Å². The van der Waals surface area contributed by atoms with Crippen molar-refractivity contribution in [3.63, 3.8) is 0 Å². The van der Waals surface area contributed by atoms with Gasteiger partial charge in [0.1, 0.15) is 11.4 Å². The second-order valence-corrected chi connectivity index (χ2v) is 6.95. The van der Waals surface area contributed by atoms with Crippen molar-refractivity contribution in [2.45, 2.75) is 12.5 Å². The molecule has 6 nitrogen and oxygen atoms in total. The highest BCUT2D eigenvalue weighted by Crippen LogP contribution is 2.41.